The molecule has 0 unspecified atom stereocenters. The maximum Gasteiger partial charge on any atom is 0.289 e. The number of hydrogen-bond acceptors (Lipinski definition) is 6. The second-order valence-electron chi connectivity index (χ2n) is 6.02. The Morgan fingerprint density at radius 2 is 1.80 bits per heavy atom. The van der Waals surface area contributed by atoms with Crippen LogP contribution in [0, 0.1) is 0 Å². The second kappa shape index (κ2) is 10.4. The first-order valence-electron chi connectivity index (χ1n) is 9.06. The molecular formula is C22H20N4O4. The first-order chi connectivity index (χ1) is 14.7. The summed E-state index contributed by atoms with van der Waals surface area (Å²) in [6.45, 7) is -0.147. The smallest absolute Gasteiger partial charge is 0.289 e. The van der Waals surface area contributed by atoms with Crippen molar-refractivity contribution in [2.45, 2.75) is 0 Å². The zero-order valence-corrected chi connectivity index (χ0v) is 16.2. The molecule has 0 radical (unpaired) electrons. The van der Waals surface area contributed by atoms with Crippen molar-refractivity contribution >= 4 is 23.7 Å². The Balaban J connectivity index is 1.47. The standard InChI is InChI=1S/C22H20N4O4/c1-29-20-8-3-2-6-18(20)25-21(27)15-30-17-11-9-16(10-12-17)14-24-26-22(28)19-7-4-5-13-23-19/h2-14H,15H2,1H3,(H,25,27)(H,26,28). The van der Waals surface area contributed by atoms with Crippen LogP contribution in [0.25, 0.3) is 0 Å². The van der Waals surface area contributed by atoms with Crippen LogP contribution in [0.3, 0.4) is 0 Å². The number of methoxy groups -OCH3 is 1. The molecule has 30 heavy (non-hydrogen) atoms. The fourth-order valence-corrected chi connectivity index (χ4v) is 2.45. The van der Waals surface area contributed by atoms with Crippen molar-refractivity contribution in [3.05, 3.63) is 84.2 Å². The quantitative estimate of drug-likeness (QED) is 0.444. The maximum absolute atomic E-state index is 12.1. The first kappa shape index (κ1) is 20.5. The second-order valence-corrected chi connectivity index (χ2v) is 6.02. The predicted molar refractivity (Wildman–Crippen MR) is 113 cm³/mol. The number of anilines is 1. The molecule has 1 aromatic heterocycles. The number of ether oxygens (including phenoxy) is 2. The molecule has 2 N–H and O–H groups in total. The Morgan fingerprint density at radius 1 is 1.03 bits per heavy atom. The molecule has 3 rings (SSSR count). The van der Waals surface area contributed by atoms with E-state index in [1.54, 1.807) is 60.7 Å². The van der Waals surface area contributed by atoms with Crippen molar-refractivity contribution in [1.82, 2.24) is 10.4 Å². The number of hydrazone groups is 1. The lowest BCUT2D eigenvalue weighted by Gasteiger charge is -2.10. The minimum Gasteiger partial charge on any atom is -0.495 e. The summed E-state index contributed by atoms with van der Waals surface area (Å²) >= 11 is 0. The van der Waals surface area contributed by atoms with Gasteiger partial charge in [-0.3, -0.25) is 14.6 Å². The van der Waals surface area contributed by atoms with E-state index in [1.807, 2.05) is 6.07 Å². The largest absolute Gasteiger partial charge is 0.495 e. The number of rotatable bonds is 8. The van der Waals surface area contributed by atoms with E-state index in [9.17, 15) is 9.59 Å². The number of hydrogen-bond donors (Lipinski definition) is 2. The summed E-state index contributed by atoms with van der Waals surface area (Å²) in [5.74, 6) is 0.403. The molecule has 0 aliphatic carbocycles. The predicted octanol–water partition coefficient (Wildman–Crippen LogP) is 2.87. The first-order valence-corrected chi connectivity index (χ1v) is 9.06. The summed E-state index contributed by atoms with van der Waals surface area (Å²) in [5.41, 5.74) is 4.02. The van der Waals surface area contributed by atoms with Gasteiger partial charge in [-0.25, -0.2) is 5.43 Å². The minimum atomic E-state index is -0.395. The van der Waals surface area contributed by atoms with Crippen molar-refractivity contribution in [1.29, 1.82) is 0 Å². The van der Waals surface area contributed by atoms with Crippen LogP contribution in [0.2, 0.25) is 0 Å². The number of nitrogens with one attached hydrogen (secondary N) is 2. The Hall–Kier alpha value is -4.20. The summed E-state index contributed by atoms with van der Waals surface area (Å²) in [4.78, 5) is 27.9. The van der Waals surface area contributed by atoms with Crippen molar-refractivity contribution in [2.24, 2.45) is 5.10 Å². The lowest BCUT2D eigenvalue weighted by atomic mass is 10.2. The number of para-hydroxylation sites is 2. The van der Waals surface area contributed by atoms with Crippen molar-refractivity contribution in [3.8, 4) is 11.5 Å². The van der Waals surface area contributed by atoms with Gasteiger partial charge in [-0.2, -0.15) is 5.10 Å². The van der Waals surface area contributed by atoms with Gasteiger partial charge < -0.3 is 14.8 Å². The molecule has 0 saturated heterocycles. The average Bonchev–Trinajstić information content (AvgIpc) is 2.79. The molecule has 2 aromatic carbocycles. The molecule has 152 valence electrons. The number of carbonyl (C=O) groups is 2. The normalized spacial score (nSPS) is 10.4. The van der Waals surface area contributed by atoms with Crippen LogP contribution in [0.15, 0.2) is 78.0 Å². The van der Waals surface area contributed by atoms with Gasteiger partial charge in [0.2, 0.25) is 0 Å². The molecule has 2 amide bonds. The molecule has 0 aliphatic rings. The molecule has 0 aliphatic heterocycles. The van der Waals surface area contributed by atoms with Crippen LogP contribution in [0.1, 0.15) is 16.1 Å². The van der Waals surface area contributed by atoms with Gasteiger partial charge >= 0.3 is 0 Å². The molecule has 0 spiro atoms. The Bertz CT molecular complexity index is 1020. The zero-order chi connectivity index (χ0) is 21.2. The highest BCUT2D eigenvalue weighted by Gasteiger charge is 2.08. The molecule has 1 heterocycles. The van der Waals surface area contributed by atoms with Crippen molar-refractivity contribution in [3.63, 3.8) is 0 Å². The van der Waals surface area contributed by atoms with Crippen LogP contribution in [0.4, 0.5) is 5.69 Å². The molecule has 8 heteroatoms. The average molecular weight is 404 g/mol. The number of aromatic nitrogens is 1. The summed E-state index contributed by atoms with van der Waals surface area (Å²) in [7, 11) is 1.54. The van der Waals surface area contributed by atoms with E-state index < -0.39 is 5.91 Å². The van der Waals surface area contributed by atoms with Gasteiger partial charge in [0, 0.05) is 6.20 Å². The fraction of sp³-hybridized carbons (Fsp3) is 0.0909. The van der Waals surface area contributed by atoms with Gasteiger partial charge in [-0.15, -0.1) is 0 Å². The minimum absolute atomic E-state index is 0.147. The highest BCUT2D eigenvalue weighted by Crippen LogP contribution is 2.22. The fourth-order valence-electron chi connectivity index (χ4n) is 2.45. The molecule has 0 bridgehead atoms. The summed E-state index contributed by atoms with van der Waals surface area (Å²) in [6.07, 6.45) is 3.03. The van der Waals surface area contributed by atoms with Gasteiger partial charge in [-0.1, -0.05) is 18.2 Å². The Morgan fingerprint density at radius 3 is 2.53 bits per heavy atom. The number of amides is 2. The van der Waals surface area contributed by atoms with Gasteiger partial charge in [0.1, 0.15) is 17.2 Å². The lowest BCUT2D eigenvalue weighted by Crippen LogP contribution is -2.20. The molecule has 0 fully saturated rings. The number of carbonyl (C=O) groups excluding carboxylic acids is 2. The third-order valence-electron chi connectivity index (χ3n) is 3.91. The van der Waals surface area contributed by atoms with E-state index in [0.717, 1.165) is 5.56 Å². The van der Waals surface area contributed by atoms with Crippen molar-refractivity contribution < 1.29 is 19.1 Å². The van der Waals surface area contributed by atoms with E-state index in [2.05, 4.69) is 20.8 Å². The van der Waals surface area contributed by atoms with E-state index >= 15 is 0 Å². The molecule has 0 atom stereocenters. The van der Waals surface area contributed by atoms with Gasteiger partial charge in [0.15, 0.2) is 6.61 Å². The highest BCUT2D eigenvalue weighted by atomic mass is 16.5. The van der Waals surface area contributed by atoms with E-state index in [1.165, 1.54) is 19.5 Å². The van der Waals surface area contributed by atoms with E-state index in [-0.39, 0.29) is 18.2 Å². The SMILES string of the molecule is COc1ccccc1NC(=O)COc1ccc(C=NNC(=O)c2ccccn2)cc1. The van der Waals surface area contributed by atoms with Gasteiger partial charge in [0.25, 0.3) is 11.8 Å². The summed E-state index contributed by atoms with van der Waals surface area (Å²) in [6, 6.07) is 19.1. The third-order valence-corrected chi connectivity index (χ3v) is 3.91. The van der Waals surface area contributed by atoms with Gasteiger partial charge in [0.05, 0.1) is 19.0 Å². The van der Waals surface area contributed by atoms with Crippen LogP contribution < -0.4 is 20.2 Å². The number of benzene rings is 2. The van der Waals surface area contributed by atoms with Crippen LogP contribution in [-0.2, 0) is 4.79 Å². The topological polar surface area (TPSA) is 102 Å². The monoisotopic (exact) mass is 404 g/mol. The number of nitrogens with zero attached hydrogens (tertiary/aromatic N) is 2. The van der Waals surface area contributed by atoms with Crippen LogP contribution in [0.5, 0.6) is 11.5 Å². The summed E-state index contributed by atoms with van der Waals surface area (Å²) in [5, 5.41) is 6.64. The Labute approximate surface area is 173 Å². The van der Waals surface area contributed by atoms with E-state index in [0.29, 0.717) is 17.2 Å². The molecule has 3 aromatic rings. The maximum atomic E-state index is 12.1. The highest BCUT2D eigenvalue weighted by molar-refractivity contribution is 5.93. The zero-order valence-electron chi connectivity index (χ0n) is 16.2. The molecule has 8 nitrogen and oxygen atoms in total. The molecule has 0 saturated carbocycles. The van der Waals surface area contributed by atoms with Gasteiger partial charge in [-0.05, 0) is 54.1 Å². The Kier molecular flexibility index (Phi) is 7.10. The lowest BCUT2D eigenvalue weighted by molar-refractivity contribution is -0.118. The number of pyridine rings is 1. The van der Waals surface area contributed by atoms with Crippen LogP contribution >= 0.6 is 0 Å². The molecular weight excluding hydrogens is 384 g/mol. The van der Waals surface area contributed by atoms with Crippen LogP contribution in [-0.4, -0.2) is 36.7 Å². The van der Waals surface area contributed by atoms with Crippen molar-refractivity contribution in [2.75, 3.05) is 19.0 Å². The summed E-state index contributed by atoms with van der Waals surface area (Å²) < 4.78 is 10.7. The third kappa shape index (κ3) is 5.90. The van der Waals surface area contributed by atoms with E-state index in [4.69, 9.17) is 9.47 Å².